The van der Waals surface area contributed by atoms with Gasteiger partial charge < -0.3 is 24.1 Å². The second-order valence-corrected chi connectivity index (χ2v) is 10.5. The molecule has 0 amide bonds. The lowest BCUT2D eigenvalue weighted by Gasteiger charge is -2.50. The fourth-order valence-electron chi connectivity index (χ4n) is 6.87. The highest BCUT2D eigenvalue weighted by Crippen LogP contribution is 2.61. The van der Waals surface area contributed by atoms with Gasteiger partial charge in [0.2, 0.25) is 0 Å². The number of carbonyl (C=O) groups excluding carboxylic acids is 1. The van der Waals surface area contributed by atoms with E-state index in [0.717, 1.165) is 38.5 Å². The van der Waals surface area contributed by atoms with E-state index in [4.69, 9.17) is 18.9 Å². The number of fused-ring (bicyclic) bond motifs is 5. The van der Waals surface area contributed by atoms with Gasteiger partial charge in [-0.25, -0.2) is 4.79 Å². The Morgan fingerprint density at radius 3 is 2.81 bits per heavy atom. The molecule has 6 atom stereocenters. The number of carbonyl (C=O) groups is 1. The first-order chi connectivity index (χ1) is 14.7. The minimum atomic E-state index is -0.625. The average Bonchev–Trinajstić information content (AvgIpc) is 3.24. The first kappa shape index (κ1) is 21.1. The van der Waals surface area contributed by atoms with E-state index in [9.17, 15) is 9.90 Å². The third-order valence-electron chi connectivity index (χ3n) is 8.32. The summed E-state index contributed by atoms with van der Waals surface area (Å²) in [5.41, 5.74) is 2.73. The van der Waals surface area contributed by atoms with Gasteiger partial charge in [-0.05, 0) is 93.4 Å². The van der Waals surface area contributed by atoms with Crippen LogP contribution in [0.3, 0.4) is 0 Å². The van der Waals surface area contributed by atoms with E-state index in [1.54, 1.807) is 0 Å². The fraction of sp³-hybridized carbons (Fsp3) is 0.720. The molecule has 3 fully saturated rings. The number of benzene rings is 1. The number of ether oxygens (including phenoxy) is 4. The van der Waals surface area contributed by atoms with Crippen molar-refractivity contribution in [1.29, 1.82) is 0 Å². The molecule has 0 aromatic heterocycles. The van der Waals surface area contributed by atoms with Crippen molar-refractivity contribution in [2.24, 2.45) is 17.3 Å². The zero-order chi connectivity index (χ0) is 21.8. The smallest absolute Gasteiger partial charge is 0.508 e. The second kappa shape index (κ2) is 7.66. The van der Waals surface area contributed by atoms with Gasteiger partial charge in [0, 0.05) is 5.41 Å². The molecular weight excluding hydrogens is 396 g/mol. The van der Waals surface area contributed by atoms with Crippen LogP contribution < -0.4 is 0 Å². The van der Waals surface area contributed by atoms with Crippen LogP contribution in [0.4, 0.5) is 4.79 Å². The molecular formula is C25H34O6. The first-order valence-corrected chi connectivity index (χ1v) is 11.7. The van der Waals surface area contributed by atoms with E-state index in [1.807, 2.05) is 26.0 Å². The van der Waals surface area contributed by atoms with Crippen molar-refractivity contribution in [3.05, 3.63) is 29.3 Å². The van der Waals surface area contributed by atoms with E-state index in [1.165, 1.54) is 11.1 Å². The maximum atomic E-state index is 12.4. The summed E-state index contributed by atoms with van der Waals surface area (Å²) in [6.45, 7) is 6.60. The van der Waals surface area contributed by atoms with Gasteiger partial charge in [0.25, 0.3) is 0 Å². The van der Waals surface area contributed by atoms with E-state index in [2.05, 4.69) is 13.0 Å². The highest BCUT2D eigenvalue weighted by atomic mass is 16.8. The Morgan fingerprint density at radius 2 is 2.03 bits per heavy atom. The monoisotopic (exact) mass is 430 g/mol. The molecule has 3 aliphatic carbocycles. The number of rotatable bonds is 3. The minimum absolute atomic E-state index is 0.00354. The van der Waals surface area contributed by atoms with Gasteiger partial charge in [-0.15, -0.1) is 0 Å². The van der Waals surface area contributed by atoms with Gasteiger partial charge in [0.15, 0.2) is 5.79 Å². The largest absolute Gasteiger partial charge is 0.508 e. The molecule has 4 aliphatic rings. The van der Waals surface area contributed by atoms with Gasteiger partial charge in [-0.3, -0.25) is 0 Å². The van der Waals surface area contributed by atoms with Gasteiger partial charge in [-0.2, -0.15) is 0 Å². The lowest BCUT2D eigenvalue weighted by molar-refractivity contribution is -0.144. The molecule has 0 radical (unpaired) electrons. The van der Waals surface area contributed by atoms with E-state index < -0.39 is 11.9 Å². The number of aromatic hydroxyl groups is 1. The Balaban J connectivity index is 1.21. The Kier molecular flexibility index (Phi) is 5.21. The third-order valence-corrected chi connectivity index (χ3v) is 8.32. The zero-order valence-corrected chi connectivity index (χ0v) is 18.8. The molecule has 1 heterocycles. The molecule has 1 unspecified atom stereocenters. The zero-order valence-electron chi connectivity index (χ0n) is 18.8. The maximum Gasteiger partial charge on any atom is 0.508 e. The Labute approximate surface area is 184 Å². The summed E-state index contributed by atoms with van der Waals surface area (Å²) in [6.07, 6.45) is 5.38. The molecule has 5 rings (SSSR count). The summed E-state index contributed by atoms with van der Waals surface area (Å²) < 4.78 is 22.5. The lowest BCUT2D eigenvalue weighted by atomic mass is 9.55. The molecule has 2 saturated carbocycles. The van der Waals surface area contributed by atoms with Crippen LogP contribution in [0.1, 0.15) is 69.9 Å². The van der Waals surface area contributed by atoms with Crippen LogP contribution in [0, 0.1) is 17.3 Å². The van der Waals surface area contributed by atoms with Crippen LogP contribution in [0.2, 0.25) is 0 Å². The average molecular weight is 431 g/mol. The maximum absolute atomic E-state index is 12.4. The molecule has 1 saturated heterocycles. The van der Waals surface area contributed by atoms with Crippen molar-refractivity contribution in [3.8, 4) is 5.75 Å². The van der Waals surface area contributed by atoms with Crippen LogP contribution in [0.5, 0.6) is 5.75 Å². The Morgan fingerprint density at radius 1 is 1.19 bits per heavy atom. The standard InChI is InChI=1S/C25H34O6/c1-24(2)29-14-17(31-24)13-28-23(27)30-22-9-8-21-20-6-4-15-12-16(26)5-7-18(15)19(20)10-11-25(21,22)3/h5,7,12,17,19-22,26H,4,6,8-11,13-14H2,1-3H3/t17?,19-,20-,21+,22-,25+/m1/s1. The van der Waals surface area contributed by atoms with Crippen molar-refractivity contribution in [2.45, 2.75) is 83.2 Å². The number of aryl methyl sites for hydroxylation is 1. The van der Waals surface area contributed by atoms with E-state index >= 15 is 0 Å². The summed E-state index contributed by atoms with van der Waals surface area (Å²) in [4.78, 5) is 12.4. The topological polar surface area (TPSA) is 74.2 Å². The molecule has 170 valence electrons. The SMILES string of the molecule is CC1(C)OCC(COC(=O)O[C@@H]2CC[C@H]3[C@@H]4CCc5cc(O)ccc5[C@H]4CC[C@]23C)O1. The van der Waals surface area contributed by atoms with E-state index in [0.29, 0.717) is 30.1 Å². The van der Waals surface area contributed by atoms with Crippen molar-refractivity contribution in [3.63, 3.8) is 0 Å². The molecule has 1 aliphatic heterocycles. The number of hydrogen-bond donors (Lipinski definition) is 1. The number of phenols is 1. The van der Waals surface area contributed by atoms with Crippen LogP contribution in [0.25, 0.3) is 0 Å². The predicted molar refractivity (Wildman–Crippen MR) is 114 cm³/mol. The molecule has 1 aromatic rings. The van der Waals surface area contributed by atoms with Crippen LogP contribution in [-0.4, -0.2) is 42.5 Å². The van der Waals surface area contributed by atoms with Crippen molar-refractivity contribution >= 4 is 6.16 Å². The third kappa shape index (κ3) is 3.82. The summed E-state index contributed by atoms with van der Waals surface area (Å²) in [5.74, 6) is 1.46. The van der Waals surface area contributed by atoms with Gasteiger partial charge in [-0.1, -0.05) is 13.0 Å². The summed E-state index contributed by atoms with van der Waals surface area (Å²) >= 11 is 0. The van der Waals surface area contributed by atoms with Gasteiger partial charge >= 0.3 is 6.16 Å². The lowest BCUT2D eigenvalue weighted by Crippen LogP contribution is -2.45. The normalized spacial score (nSPS) is 38.1. The summed E-state index contributed by atoms with van der Waals surface area (Å²) in [5, 5.41) is 9.86. The molecule has 6 nitrogen and oxygen atoms in total. The van der Waals surface area contributed by atoms with Crippen molar-refractivity contribution < 1.29 is 28.8 Å². The minimum Gasteiger partial charge on any atom is -0.508 e. The number of hydrogen-bond acceptors (Lipinski definition) is 6. The molecule has 0 spiro atoms. The predicted octanol–water partition coefficient (Wildman–Crippen LogP) is 4.92. The van der Waals surface area contributed by atoms with Gasteiger partial charge in [0.1, 0.15) is 24.6 Å². The highest BCUT2D eigenvalue weighted by molar-refractivity contribution is 5.60. The first-order valence-electron chi connectivity index (χ1n) is 11.7. The second-order valence-electron chi connectivity index (χ2n) is 10.5. The quantitative estimate of drug-likeness (QED) is 0.686. The highest BCUT2D eigenvalue weighted by Gasteiger charge is 2.56. The van der Waals surface area contributed by atoms with Crippen LogP contribution >= 0.6 is 0 Å². The van der Waals surface area contributed by atoms with Crippen molar-refractivity contribution in [2.75, 3.05) is 13.2 Å². The summed E-state index contributed by atoms with van der Waals surface area (Å²) in [6, 6.07) is 5.89. The van der Waals surface area contributed by atoms with Crippen LogP contribution in [-0.2, 0) is 25.4 Å². The van der Waals surface area contributed by atoms with E-state index in [-0.39, 0.29) is 24.2 Å². The summed E-state index contributed by atoms with van der Waals surface area (Å²) in [7, 11) is 0. The Hall–Kier alpha value is -1.79. The Bertz CT molecular complexity index is 850. The molecule has 31 heavy (non-hydrogen) atoms. The molecule has 1 N–H and O–H groups in total. The molecule has 1 aromatic carbocycles. The van der Waals surface area contributed by atoms with Crippen molar-refractivity contribution in [1.82, 2.24) is 0 Å². The van der Waals surface area contributed by atoms with Crippen LogP contribution in [0.15, 0.2) is 18.2 Å². The fourth-order valence-corrected chi connectivity index (χ4v) is 6.87. The molecule has 6 heteroatoms. The van der Waals surface area contributed by atoms with Gasteiger partial charge in [0.05, 0.1) is 6.61 Å². The number of phenolic OH excluding ortho intramolecular Hbond substituents is 1. The molecule has 0 bridgehead atoms.